The Morgan fingerprint density at radius 1 is 1.31 bits per heavy atom. The number of amides is 3. The molecule has 1 aliphatic carbocycles. The van der Waals surface area contributed by atoms with Gasteiger partial charge in [0.25, 0.3) is 5.91 Å². The van der Waals surface area contributed by atoms with E-state index in [4.69, 9.17) is 11.6 Å². The van der Waals surface area contributed by atoms with Gasteiger partial charge >= 0.3 is 6.03 Å². The normalized spacial score (nSPS) is 26.8. The van der Waals surface area contributed by atoms with Crippen LogP contribution in [0.15, 0.2) is 18.2 Å². The van der Waals surface area contributed by atoms with Gasteiger partial charge < -0.3 is 5.32 Å². The molecule has 0 radical (unpaired) electrons. The first kappa shape index (κ1) is 9.66. The fourth-order valence-electron chi connectivity index (χ4n) is 2.50. The van der Waals surface area contributed by atoms with Crippen LogP contribution in [0.5, 0.6) is 0 Å². The number of urea groups is 1. The number of imide groups is 1. The number of benzene rings is 1. The van der Waals surface area contributed by atoms with E-state index in [1.54, 1.807) is 6.07 Å². The SMILES string of the molecule is O=C1NC(=O)[C@]2(CCc3cc(Cl)ccc32)N1. The lowest BCUT2D eigenvalue weighted by atomic mass is 9.92. The first-order valence-electron chi connectivity index (χ1n) is 5.04. The van der Waals surface area contributed by atoms with Gasteiger partial charge in [0.2, 0.25) is 0 Å². The van der Waals surface area contributed by atoms with E-state index in [9.17, 15) is 9.59 Å². The molecule has 1 heterocycles. The summed E-state index contributed by atoms with van der Waals surface area (Å²) in [6, 6.07) is 4.98. The summed E-state index contributed by atoms with van der Waals surface area (Å²) in [5, 5.41) is 5.65. The molecule has 1 aromatic carbocycles. The predicted octanol–water partition coefficient (Wildman–Crippen LogP) is 1.32. The zero-order chi connectivity index (χ0) is 11.3. The van der Waals surface area contributed by atoms with Crippen molar-refractivity contribution >= 4 is 23.5 Å². The molecule has 2 N–H and O–H groups in total. The highest BCUT2D eigenvalue weighted by Crippen LogP contribution is 2.39. The summed E-state index contributed by atoms with van der Waals surface area (Å²) >= 11 is 5.90. The molecule has 2 aliphatic rings. The van der Waals surface area contributed by atoms with Gasteiger partial charge in [-0.1, -0.05) is 17.7 Å². The maximum Gasteiger partial charge on any atom is 0.322 e. The average Bonchev–Trinajstić information content (AvgIpc) is 2.70. The van der Waals surface area contributed by atoms with Crippen LogP contribution in [0, 0.1) is 0 Å². The average molecular weight is 237 g/mol. The second kappa shape index (κ2) is 2.98. The monoisotopic (exact) mass is 236 g/mol. The first-order chi connectivity index (χ1) is 7.62. The van der Waals surface area contributed by atoms with E-state index < -0.39 is 11.6 Å². The van der Waals surface area contributed by atoms with Crippen molar-refractivity contribution < 1.29 is 9.59 Å². The number of carbonyl (C=O) groups is 2. The van der Waals surface area contributed by atoms with Crippen LogP contribution in [-0.2, 0) is 16.8 Å². The van der Waals surface area contributed by atoms with Crippen molar-refractivity contribution in [2.75, 3.05) is 0 Å². The lowest BCUT2D eigenvalue weighted by Gasteiger charge is -2.20. The lowest BCUT2D eigenvalue weighted by Crippen LogP contribution is -2.41. The molecule has 0 unspecified atom stereocenters. The molecule has 5 heteroatoms. The molecule has 4 nitrogen and oxygen atoms in total. The number of hydrogen-bond donors (Lipinski definition) is 2. The van der Waals surface area contributed by atoms with Gasteiger partial charge in [0, 0.05) is 5.02 Å². The number of rotatable bonds is 0. The van der Waals surface area contributed by atoms with Crippen molar-refractivity contribution in [3.8, 4) is 0 Å². The van der Waals surface area contributed by atoms with E-state index in [1.807, 2.05) is 12.1 Å². The molecule has 16 heavy (non-hydrogen) atoms. The maximum atomic E-state index is 11.8. The second-order valence-corrected chi connectivity index (χ2v) is 4.55. The molecule has 1 atom stereocenters. The van der Waals surface area contributed by atoms with Crippen LogP contribution < -0.4 is 10.6 Å². The third-order valence-electron chi connectivity index (χ3n) is 3.24. The van der Waals surface area contributed by atoms with E-state index in [1.165, 1.54) is 0 Å². The summed E-state index contributed by atoms with van der Waals surface area (Å²) < 4.78 is 0. The fraction of sp³-hybridized carbons (Fsp3) is 0.273. The molecule has 1 fully saturated rings. The Balaban J connectivity index is 2.15. The van der Waals surface area contributed by atoms with Gasteiger partial charge in [-0.3, -0.25) is 10.1 Å². The van der Waals surface area contributed by atoms with Crippen LogP contribution >= 0.6 is 11.6 Å². The van der Waals surface area contributed by atoms with E-state index in [2.05, 4.69) is 10.6 Å². The minimum absolute atomic E-state index is 0.265. The molecule has 1 spiro atoms. The standard InChI is InChI=1S/C11H9ClN2O2/c12-7-1-2-8-6(5-7)3-4-11(8)9(15)13-10(16)14-11/h1-2,5H,3-4H2,(H2,13,14,15,16)/t11-/m1/s1. The molecule has 82 valence electrons. The van der Waals surface area contributed by atoms with Crippen LogP contribution in [-0.4, -0.2) is 11.9 Å². The van der Waals surface area contributed by atoms with Gasteiger partial charge in [0.1, 0.15) is 5.54 Å². The van der Waals surface area contributed by atoms with Gasteiger partial charge in [-0.05, 0) is 36.1 Å². The quantitative estimate of drug-likeness (QED) is 0.668. The van der Waals surface area contributed by atoms with E-state index in [0.717, 1.165) is 17.5 Å². The summed E-state index contributed by atoms with van der Waals surface area (Å²) in [7, 11) is 0. The Labute approximate surface area is 97.0 Å². The summed E-state index contributed by atoms with van der Waals surface area (Å²) in [5.74, 6) is -0.265. The number of fused-ring (bicyclic) bond motifs is 2. The number of nitrogens with one attached hydrogen (secondary N) is 2. The van der Waals surface area contributed by atoms with Crippen molar-refractivity contribution in [1.82, 2.24) is 10.6 Å². The van der Waals surface area contributed by atoms with Gasteiger partial charge in [-0.15, -0.1) is 0 Å². The van der Waals surface area contributed by atoms with Gasteiger partial charge in [0.15, 0.2) is 0 Å². The summed E-state index contributed by atoms with van der Waals surface area (Å²) in [6.45, 7) is 0. The summed E-state index contributed by atoms with van der Waals surface area (Å²) in [5.41, 5.74) is 1.03. The summed E-state index contributed by atoms with van der Waals surface area (Å²) in [6.07, 6.45) is 1.35. The van der Waals surface area contributed by atoms with Gasteiger partial charge in [-0.2, -0.15) is 0 Å². The van der Waals surface area contributed by atoms with Crippen LogP contribution in [0.25, 0.3) is 0 Å². The molecule has 0 saturated carbocycles. The van der Waals surface area contributed by atoms with E-state index in [-0.39, 0.29) is 5.91 Å². The smallest absolute Gasteiger partial charge is 0.319 e. The number of hydrogen-bond acceptors (Lipinski definition) is 2. The zero-order valence-corrected chi connectivity index (χ0v) is 9.10. The number of aryl methyl sites for hydroxylation is 1. The minimum Gasteiger partial charge on any atom is -0.319 e. The Morgan fingerprint density at radius 2 is 2.12 bits per heavy atom. The minimum atomic E-state index is -0.864. The zero-order valence-electron chi connectivity index (χ0n) is 8.34. The Kier molecular flexibility index (Phi) is 1.80. The van der Waals surface area contributed by atoms with Gasteiger partial charge in [0.05, 0.1) is 0 Å². The molecule has 0 bridgehead atoms. The highest BCUT2D eigenvalue weighted by atomic mass is 35.5. The number of carbonyl (C=O) groups excluding carboxylic acids is 2. The van der Waals surface area contributed by atoms with Crippen molar-refractivity contribution in [3.63, 3.8) is 0 Å². The Bertz CT molecular complexity index is 515. The molecular weight excluding hydrogens is 228 g/mol. The maximum absolute atomic E-state index is 11.8. The van der Waals surface area contributed by atoms with Crippen LogP contribution in [0.4, 0.5) is 4.79 Å². The Morgan fingerprint density at radius 3 is 2.81 bits per heavy atom. The third-order valence-corrected chi connectivity index (χ3v) is 3.47. The molecule has 0 aromatic heterocycles. The lowest BCUT2D eigenvalue weighted by molar-refractivity contribution is -0.124. The van der Waals surface area contributed by atoms with Gasteiger partial charge in [-0.25, -0.2) is 4.79 Å². The summed E-state index contributed by atoms with van der Waals surface area (Å²) in [4.78, 5) is 23.1. The first-order valence-corrected chi connectivity index (χ1v) is 5.42. The van der Waals surface area contributed by atoms with Crippen LogP contribution in [0.1, 0.15) is 17.5 Å². The largest absolute Gasteiger partial charge is 0.322 e. The highest BCUT2D eigenvalue weighted by Gasteiger charge is 2.51. The third kappa shape index (κ3) is 1.10. The molecule has 3 rings (SSSR count). The molecular formula is C11H9ClN2O2. The van der Waals surface area contributed by atoms with Crippen molar-refractivity contribution in [2.45, 2.75) is 18.4 Å². The molecule has 3 amide bonds. The molecule has 1 saturated heterocycles. The van der Waals surface area contributed by atoms with E-state index in [0.29, 0.717) is 11.4 Å². The molecule has 1 aliphatic heterocycles. The second-order valence-electron chi connectivity index (χ2n) is 4.12. The number of halogens is 1. The fourth-order valence-corrected chi connectivity index (χ4v) is 2.69. The van der Waals surface area contributed by atoms with Crippen LogP contribution in [0.2, 0.25) is 5.02 Å². The predicted molar refractivity (Wildman–Crippen MR) is 58.1 cm³/mol. The topological polar surface area (TPSA) is 58.2 Å². The molecule has 1 aromatic rings. The van der Waals surface area contributed by atoms with Crippen molar-refractivity contribution in [3.05, 3.63) is 34.3 Å². The van der Waals surface area contributed by atoms with Crippen LogP contribution in [0.3, 0.4) is 0 Å². The van der Waals surface area contributed by atoms with Crippen molar-refractivity contribution in [1.29, 1.82) is 0 Å². The highest BCUT2D eigenvalue weighted by molar-refractivity contribution is 6.30. The van der Waals surface area contributed by atoms with E-state index >= 15 is 0 Å². The van der Waals surface area contributed by atoms with Crippen molar-refractivity contribution in [2.24, 2.45) is 0 Å². The Hall–Kier alpha value is -1.55.